The molecule has 13 aromatic rings. The largest absolute Gasteiger partial charge is 0.307 e. The van der Waals surface area contributed by atoms with Crippen molar-refractivity contribution in [3.63, 3.8) is 0 Å². The van der Waals surface area contributed by atoms with E-state index in [4.69, 9.17) is 4.98 Å². The van der Waals surface area contributed by atoms with Crippen molar-refractivity contribution < 1.29 is 0 Å². The lowest BCUT2D eigenvalue weighted by molar-refractivity contribution is 1.08. The highest BCUT2D eigenvalue weighted by atomic mass is 15.1. The number of benzene rings is 8. The summed E-state index contributed by atoms with van der Waals surface area (Å²) in [6.45, 7) is 0. The summed E-state index contributed by atoms with van der Waals surface area (Å²) >= 11 is 0. The highest BCUT2D eigenvalue weighted by molar-refractivity contribution is 6.25. The Morgan fingerprint density at radius 2 is 0.517 bits per heavy atom. The van der Waals surface area contributed by atoms with Crippen molar-refractivity contribution >= 4 is 87.2 Å². The first kappa shape index (κ1) is 31.3. The summed E-state index contributed by atoms with van der Waals surface area (Å²) in [6, 6.07) is 68.1. The second-order valence-electron chi connectivity index (χ2n) is 15.2. The summed E-state index contributed by atoms with van der Waals surface area (Å²) < 4.78 is 9.75. The van der Waals surface area contributed by atoms with Gasteiger partial charge in [0, 0.05) is 54.5 Å². The minimum atomic E-state index is 1.00. The van der Waals surface area contributed by atoms with Crippen LogP contribution in [0.2, 0.25) is 0 Å². The number of para-hydroxylation sites is 6. The van der Waals surface area contributed by atoms with Gasteiger partial charge in [0.25, 0.3) is 0 Å². The van der Waals surface area contributed by atoms with Crippen LogP contribution in [-0.4, -0.2) is 23.3 Å². The van der Waals surface area contributed by atoms with Gasteiger partial charge in [0.1, 0.15) is 0 Å². The predicted octanol–water partition coefficient (Wildman–Crippen LogP) is 13.5. The third-order valence-corrected chi connectivity index (χ3v) is 12.2. The molecule has 5 heterocycles. The highest BCUT2D eigenvalue weighted by Crippen LogP contribution is 2.44. The summed E-state index contributed by atoms with van der Waals surface area (Å²) in [5.41, 5.74) is 13.6. The Balaban J connectivity index is 1.17. The fourth-order valence-corrected chi connectivity index (χ4v) is 9.89. The Morgan fingerprint density at radius 1 is 0.241 bits per heavy atom. The third-order valence-electron chi connectivity index (χ3n) is 12.2. The zero-order chi connectivity index (χ0) is 37.9. The number of aromatic nitrogens is 5. The molecular weight excluding hydrogens is 707 g/mol. The van der Waals surface area contributed by atoms with E-state index < -0.39 is 0 Å². The molecule has 0 N–H and O–H groups in total. The Kier molecular flexibility index (Phi) is 6.38. The van der Waals surface area contributed by atoms with E-state index in [1.165, 1.54) is 65.2 Å². The molecular formula is C53H33N5. The molecule has 0 bridgehead atoms. The molecule has 0 spiro atoms. The molecule has 0 aliphatic heterocycles. The summed E-state index contributed by atoms with van der Waals surface area (Å²) in [6.07, 6.45) is 4.04. The SMILES string of the molecule is c1ccc(-n2c3ccccc3c3ccc4c5ccccc5n(-c5cncc(-n6c7ccccc7c7ccc8c9ccccc9n(-c9ccccc9)c8c76)c5)c4c32)cc1. The lowest BCUT2D eigenvalue weighted by atomic mass is 10.1. The fourth-order valence-electron chi connectivity index (χ4n) is 9.89. The van der Waals surface area contributed by atoms with Crippen LogP contribution in [0.25, 0.3) is 110 Å². The second-order valence-corrected chi connectivity index (χ2v) is 15.2. The van der Waals surface area contributed by atoms with E-state index in [1.54, 1.807) is 0 Å². The molecule has 0 aliphatic carbocycles. The predicted molar refractivity (Wildman–Crippen MR) is 242 cm³/mol. The fraction of sp³-hybridized carbons (Fsp3) is 0. The monoisotopic (exact) mass is 739 g/mol. The number of pyridine rings is 1. The Labute approximate surface area is 332 Å². The van der Waals surface area contributed by atoms with Crippen molar-refractivity contribution in [2.75, 3.05) is 0 Å². The molecule has 0 saturated heterocycles. The van der Waals surface area contributed by atoms with Gasteiger partial charge in [-0.05, 0) is 54.6 Å². The summed E-state index contributed by atoms with van der Waals surface area (Å²) in [4.78, 5) is 5.08. The van der Waals surface area contributed by atoms with E-state index in [0.717, 1.165) is 44.8 Å². The van der Waals surface area contributed by atoms with E-state index in [2.05, 4.69) is 206 Å². The summed E-state index contributed by atoms with van der Waals surface area (Å²) in [5, 5.41) is 9.74. The normalized spacial score (nSPS) is 12.1. The maximum atomic E-state index is 5.08. The lowest BCUT2D eigenvalue weighted by Crippen LogP contribution is -2.02. The van der Waals surface area contributed by atoms with Gasteiger partial charge in [0.15, 0.2) is 0 Å². The zero-order valence-electron chi connectivity index (χ0n) is 31.3. The summed E-state index contributed by atoms with van der Waals surface area (Å²) in [5.74, 6) is 0. The molecule has 270 valence electrons. The van der Waals surface area contributed by atoms with Gasteiger partial charge in [-0.1, -0.05) is 133 Å². The van der Waals surface area contributed by atoms with Crippen molar-refractivity contribution in [1.29, 1.82) is 0 Å². The zero-order valence-corrected chi connectivity index (χ0v) is 31.3. The third kappa shape index (κ3) is 4.17. The molecule has 0 aliphatic rings. The highest BCUT2D eigenvalue weighted by Gasteiger charge is 2.24. The van der Waals surface area contributed by atoms with Gasteiger partial charge in [0.05, 0.1) is 67.9 Å². The summed E-state index contributed by atoms with van der Waals surface area (Å²) in [7, 11) is 0. The first-order chi connectivity index (χ1) is 28.8. The molecule has 0 atom stereocenters. The Bertz CT molecular complexity index is 3540. The molecule has 5 nitrogen and oxygen atoms in total. The topological polar surface area (TPSA) is 32.6 Å². The number of hydrogen-bond donors (Lipinski definition) is 0. The van der Waals surface area contributed by atoms with Crippen molar-refractivity contribution in [2.24, 2.45) is 0 Å². The van der Waals surface area contributed by atoms with Crippen molar-refractivity contribution in [3.05, 3.63) is 200 Å². The molecule has 5 heteroatoms. The molecule has 0 unspecified atom stereocenters. The maximum absolute atomic E-state index is 5.08. The first-order valence-electron chi connectivity index (χ1n) is 19.8. The van der Waals surface area contributed by atoms with Crippen LogP contribution < -0.4 is 0 Å². The maximum Gasteiger partial charge on any atom is 0.0789 e. The quantitative estimate of drug-likeness (QED) is 0.177. The molecule has 0 amide bonds. The van der Waals surface area contributed by atoms with E-state index >= 15 is 0 Å². The standard InChI is InChI=1S/C53H33N5/c1-3-15-34(16-4-1)55-46-23-11-7-19-38(46)42-27-29-44-40-21-9-13-25-48(40)57(52(44)50(42)55)36-31-37(33-54-32-36)58-49-26-14-10-22-41(49)45-30-28-43-39-20-8-12-24-47(39)56(51(43)53(45)58)35-17-5-2-6-18-35/h1-33H. The minimum Gasteiger partial charge on any atom is -0.307 e. The molecule has 0 fully saturated rings. The molecule has 13 rings (SSSR count). The number of rotatable bonds is 4. The van der Waals surface area contributed by atoms with Crippen molar-refractivity contribution in [3.8, 4) is 22.7 Å². The van der Waals surface area contributed by atoms with E-state index in [-0.39, 0.29) is 0 Å². The van der Waals surface area contributed by atoms with Gasteiger partial charge in [-0.3, -0.25) is 4.98 Å². The molecule has 58 heavy (non-hydrogen) atoms. The smallest absolute Gasteiger partial charge is 0.0789 e. The van der Waals surface area contributed by atoms with Gasteiger partial charge in [-0.2, -0.15) is 0 Å². The number of hydrogen-bond acceptors (Lipinski definition) is 1. The molecule has 0 saturated carbocycles. The van der Waals surface area contributed by atoms with E-state index in [0.29, 0.717) is 0 Å². The van der Waals surface area contributed by atoms with Crippen LogP contribution in [0.15, 0.2) is 200 Å². The van der Waals surface area contributed by atoms with Crippen LogP contribution in [0.1, 0.15) is 0 Å². The van der Waals surface area contributed by atoms with Crippen LogP contribution in [0.4, 0.5) is 0 Å². The molecule has 0 radical (unpaired) electrons. The van der Waals surface area contributed by atoms with Gasteiger partial charge in [0.2, 0.25) is 0 Å². The van der Waals surface area contributed by atoms with Gasteiger partial charge in [-0.25, -0.2) is 0 Å². The average Bonchev–Trinajstić information content (AvgIpc) is 4.02. The minimum absolute atomic E-state index is 1.00. The lowest BCUT2D eigenvalue weighted by Gasteiger charge is -2.15. The van der Waals surface area contributed by atoms with E-state index in [1.807, 2.05) is 12.4 Å². The van der Waals surface area contributed by atoms with Crippen LogP contribution in [0.3, 0.4) is 0 Å². The van der Waals surface area contributed by atoms with Crippen LogP contribution in [-0.2, 0) is 0 Å². The Morgan fingerprint density at radius 3 is 0.845 bits per heavy atom. The van der Waals surface area contributed by atoms with Crippen LogP contribution in [0, 0.1) is 0 Å². The van der Waals surface area contributed by atoms with Gasteiger partial charge in [-0.15, -0.1) is 0 Å². The van der Waals surface area contributed by atoms with Crippen LogP contribution in [0.5, 0.6) is 0 Å². The molecule has 5 aromatic heterocycles. The average molecular weight is 740 g/mol. The van der Waals surface area contributed by atoms with Gasteiger partial charge >= 0.3 is 0 Å². The number of fused-ring (bicyclic) bond motifs is 14. The Hall–Kier alpha value is -7.89. The van der Waals surface area contributed by atoms with Crippen LogP contribution >= 0.6 is 0 Å². The first-order valence-corrected chi connectivity index (χ1v) is 19.8. The van der Waals surface area contributed by atoms with Crippen molar-refractivity contribution in [1.82, 2.24) is 23.3 Å². The van der Waals surface area contributed by atoms with E-state index in [9.17, 15) is 0 Å². The van der Waals surface area contributed by atoms with Crippen molar-refractivity contribution in [2.45, 2.75) is 0 Å². The molecule has 8 aromatic carbocycles. The van der Waals surface area contributed by atoms with Gasteiger partial charge < -0.3 is 18.3 Å². The second kappa shape index (κ2) is 11.8. The number of nitrogens with zero attached hydrogens (tertiary/aromatic N) is 5.